The summed E-state index contributed by atoms with van der Waals surface area (Å²) in [6.07, 6.45) is -5.32. The van der Waals surface area contributed by atoms with Crippen molar-refractivity contribution in [2.75, 3.05) is 11.1 Å². The second kappa shape index (κ2) is 10.1. The lowest BCUT2D eigenvalue weighted by atomic mass is 10.1. The van der Waals surface area contributed by atoms with Gasteiger partial charge in [-0.05, 0) is 48.9 Å². The number of H-pyrrole nitrogens is 1. The average Bonchev–Trinajstić information content (AvgIpc) is 3.41. The van der Waals surface area contributed by atoms with Gasteiger partial charge in [-0.25, -0.2) is 9.59 Å². The van der Waals surface area contributed by atoms with E-state index in [1.807, 2.05) is 0 Å². The highest BCUT2D eigenvalue weighted by atomic mass is 35.5. The number of anilines is 2. The van der Waals surface area contributed by atoms with Crippen LogP contribution in [0.15, 0.2) is 53.3 Å². The predicted octanol–water partition coefficient (Wildman–Crippen LogP) is 3.45. The van der Waals surface area contributed by atoms with Crippen LogP contribution in [0.25, 0.3) is 5.69 Å². The molecular weight excluding hydrogens is 527 g/mol. The summed E-state index contributed by atoms with van der Waals surface area (Å²) in [6, 6.07) is 10.4. The Labute approximate surface area is 209 Å². The first-order valence-corrected chi connectivity index (χ1v) is 11.5. The van der Waals surface area contributed by atoms with Gasteiger partial charge < -0.3 is 10.2 Å². The van der Waals surface area contributed by atoms with Crippen LogP contribution in [-0.4, -0.2) is 54.8 Å². The van der Waals surface area contributed by atoms with E-state index in [2.05, 4.69) is 20.2 Å². The Balaban J connectivity index is 1.52. The van der Waals surface area contributed by atoms with Crippen LogP contribution in [0, 0.1) is 0 Å². The van der Waals surface area contributed by atoms with Gasteiger partial charge in [-0.3, -0.25) is 14.6 Å². The van der Waals surface area contributed by atoms with Crippen molar-refractivity contribution in [3.8, 4) is 5.69 Å². The summed E-state index contributed by atoms with van der Waals surface area (Å²) < 4.78 is 39.3. The van der Waals surface area contributed by atoms with Gasteiger partial charge >= 0.3 is 17.8 Å². The van der Waals surface area contributed by atoms with E-state index >= 15 is 0 Å². The summed E-state index contributed by atoms with van der Waals surface area (Å²) in [6.45, 7) is 0. The standard InChI is InChI=1S/C21H15ClF3N5O5S/c22-12-2-1-3-14(10-12)29-20(34)27-19(28-29)26-13-6-4-11(5-7-13)16(31)30(15-8-9-36-17(15)32)35-18(33)21(23,24)25/h1-7,10,15H,8-9H2,(H2,26,27,28,34)/t15-/m1/s1. The van der Waals surface area contributed by atoms with Gasteiger partial charge in [0, 0.05) is 22.0 Å². The Morgan fingerprint density at radius 1 is 1.19 bits per heavy atom. The number of thioether (sulfide) groups is 1. The number of aromatic nitrogens is 3. The van der Waals surface area contributed by atoms with Crippen molar-refractivity contribution in [3.05, 3.63) is 69.6 Å². The van der Waals surface area contributed by atoms with Gasteiger partial charge in [0.15, 0.2) is 0 Å². The highest BCUT2D eigenvalue weighted by Crippen LogP contribution is 2.28. The van der Waals surface area contributed by atoms with E-state index in [1.54, 1.807) is 24.3 Å². The Hall–Kier alpha value is -3.78. The summed E-state index contributed by atoms with van der Waals surface area (Å²) in [4.78, 5) is 55.3. The minimum Gasteiger partial charge on any atom is -0.329 e. The lowest BCUT2D eigenvalue weighted by molar-refractivity contribution is -0.232. The maximum absolute atomic E-state index is 12.9. The van der Waals surface area contributed by atoms with Gasteiger partial charge in [0.1, 0.15) is 6.04 Å². The zero-order valence-corrected chi connectivity index (χ0v) is 19.5. The van der Waals surface area contributed by atoms with Crippen molar-refractivity contribution in [2.45, 2.75) is 18.6 Å². The van der Waals surface area contributed by atoms with Crippen LogP contribution in [0.5, 0.6) is 0 Å². The molecular formula is C21H15ClF3N5O5S. The van der Waals surface area contributed by atoms with Crippen LogP contribution >= 0.6 is 23.4 Å². The molecule has 0 bridgehead atoms. The molecule has 15 heteroatoms. The molecule has 1 amide bonds. The number of carbonyl (C=O) groups is 3. The number of carbonyl (C=O) groups excluding carboxylic acids is 3. The number of nitrogens with one attached hydrogen (secondary N) is 2. The maximum atomic E-state index is 12.9. The van der Waals surface area contributed by atoms with Crippen LogP contribution in [0.3, 0.4) is 0 Å². The van der Waals surface area contributed by atoms with Gasteiger partial charge in [0.05, 0.1) is 5.69 Å². The molecule has 0 saturated carbocycles. The van der Waals surface area contributed by atoms with Crippen molar-refractivity contribution in [1.29, 1.82) is 0 Å². The largest absolute Gasteiger partial charge is 0.493 e. The van der Waals surface area contributed by atoms with Gasteiger partial charge in [0.25, 0.3) is 5.91 Å². The lowest BCUT2D eigenvalue weighted by Gasteiger charge is -2.25. The third-order valence-electron chi connectivity index (χ3n) is 4.87. The number of hydrogen-bond acceptors (Lipinski definition) is 8. The number of amides is 1. The fourth-order valence-electron chi connectivity index (χ4n) is 3.21. The molecule has 1 saturated heterocycles. The Bertz CT molecular complexity index is 1380. The predicted molar refractivity (Wildman–Crippen MR) is 123 cm³/mol. The fourth-order valence-corrected chi connectivity index (χ4v) is 4.34. The van der Waals surface area contributed by atoms with Gasteiger partial charge in [-0.2, -0.15) is 22.9 Å². The molecule has 2 heterocycles. The van der Waals surface area contributed by atoms with E-state index in [-0.39, 0.29) is 28.7 Å². The third-order valence-corrected chi connectivity index (χ3v) is 6.10. The molecule has 10 nitrogen and oxygen atoms in total. The number of halogens is 4. The molecule has 4 rings (SSSR count). The lowest BCUT2D eigenvalue weighted by Crippen LogP contribution is -2.46. The SMILES string of the molecule is O=C1SCC[C@H]1N(OC(=O)C(F)(F)F)C(=O)c1ccc(Nc2nn(-c3cccc(Cl)c3)c(=O)[nH]2)cc1. The van der Waals surface area contributed by atoms with Crippen molar-refractivity contribution in [3.63, 3.8) is 0 Å². The Morgan fingerprint density at radius 2 is 1.92 bits per heavy atom. The molecule has 0 spiro atoms. The molecule has 2 aromatic carbocycles. The smallest absolute Gasteiger partial charge is 0.329 e. The maximum Gasteiger partial charge on any atom is 0.493 e. The minimum atomic E-state index is -5.35. The second-order valence-corrected chi connectivity index (χ2v) is 8.89. The van der Waals surface area contributed by atoms with E-state index in [0.29, 0.717) is 16.4 Å². The van der Waals surface area contributed by atoms with E-state index in [4.69, 9.17) is 11.6 Å². The van der Waals surface area contributed by atoms with Crippen LogP contribution in [-0.2, 0) is 14.4 Å². The Morgan fingerprint density at radius 3 is 2.53 bits per heavy atom. The van der Waals surface area contributed by atoms with E-state index in [9.17, 15) is 32.3 Å². The van der Waals surface area contributed by atoms with Crippen LogP contribution in [0.2, 0.25) is 5.02 Å². The van der Waals surface area contributed by atoms with E-state index < -0.39 is 34.9 Å². The summed E-state index contributed by atoms with van der Waals surface area (Å²) in [7, 11) is 0. The van der Waals surface area contributed by atoms with Crippen LogP contribution < -0.4 is 11.0 Å². The summed E-state index contributed by atoms with van der Waals surface area (Å²) in [5, 5.41) is 6.93. The summed E-state index contributed by atoms with van der Waals surface area (Å²) in [5.41, 5.74) is 0.0988. The number of hydroxylamine groups is 2. The summed E-state index contributed by atoms with van der Waals surface area (Å²) >= 11 is 6.77. The molecule has 188 valence electrons. The van der Waals surface area contributed by atoms with Gasteiger partial charge in [-0.1, -0.05) is 29.4 Å². The first kappa shape index (κ1) is 25.3. The zero-order valence-electron chi connectivity index (χ0n) is 17.9. The number of alkyl halides is 3. The average molecular weight is 542 g/mol. The quantitative estimate of drug-likeness (QED) is 0.470. The van der Waals surface area contributed by atoms with Crippen molar-refractivity contribution in [2.24, 2.45) is 0 Å². The highest BCUT2D eigenvalue weighted by Gasteiger charge is 2.46. The zero-order chi connectivity index (χ0) is 26.0. The highest BCUT2D eigenvalue weighted by molar-refractivity contribution is 8.14. The molecule has 1 aliphatic rings. The topological polar surface area (TPSA) is 126 Å². The number of hydrogen-bond donors (Lipinski definition) is 2. The number of rotatable bonds is 5. The van der Waals surface area contributed by atoms with Crippen LogP contribution in [0.4, 0.5) is 24.8 Å². The number of aromatic amines is 1. The van der Waals surface area contributed by atoms with Crippen molar-refractivity contribution >= 4 is 52.0 Å². The first-order chi connectivity index (χ1) is 17.0. The fraction of sp³-hybridized carbons (Fsp3) is 0.190. The molecule has 1 aromatic heterocycles. The molecule has 3 aromatic rings. The molecule has 0 aliphatic carbocycles. The number of nitrogens with zero attached hydrogens (tertiary/aromatic N) is 3. The molecule has 1 fully saturated rings. The van der Waals surface area contributed by atoms with Gasteiger partial charge in [-0.15, -0.1) is 5.10 Å². The molecule has 1 atom stereocenters. The second-order valence-electron chi connectivity index (χ2n) is 7.35. The molecule has 0 unspecified atom stereocenters. The van der Waals surface area contributed by atoms with Crippen LogP contribution in [0.1, 0.15) is 16.8 Å². The normalized spacial score (nSPS) is 15.6. The molecule has 2 N–H and O–H groups in total. The van der Waals surface area contributed by atoms with E-state index in [0.717, 1.165) is 16.4 Å². The summed E-state index contributed by atoms with van der Waals surface area (Å²) in [5.74, 6) is -3.38. The van der Waals surface area contributed by atoms with Crippen molar-refractivity contribution < 1.29 is 32.4 Å². The number of benzene rings is 2. The first-order valence-electron chi connectivity index (χ1n) is 10.1. The Kier molecular flexibility index (Phi) is 7.08. The van der Waals surface area contributed by atoms with E-state index in [1.165, 1.54) is 24.3 Å². The molecule has 0 radical (unpaired) electrons. The minimum absolute atomic E-state index is 0.0304. The van der Waals surface area contributed by atoms with Crippen molar-refractivity contribution in [1.82, 2.24) is 19.8 Å². The molecule has 36 heavy (non-hydrogen) atoms. The third kappa shape index (κ3) is 5.54. The molecule has 1 aliphatic heterocycles. The van der Waals surface area contributed by atoms with Gasteiger partial charge in [0.2, 0.25) is 11.1 Å². The monoisotopic (exact) mass is 541 g/mol.